The summed E-state index contributed by atoms with van der Waals surface area (Å²) in [4.78, 5) is 18.7. The highest BCUT2D eigenvalue weighted by molar-refractivity contribution is 7.30. The van der Waals surface area contributed by atoms with Gasteiger partial charge in [-0.3, -0.25) is 0 Å². The Balaban J connectivity index is 1.34. The molecule has 0 aliphatic carbocycles. The molecule has 11 heteroatoms. The third-order valence-electron chi connectivity index (χ3n) is 4.99. The molecule has 0 aliphatic heterocycles. The van der Waals surface area contributed by atoms with Crippen LogP contribution in [0.5, 0.6) is 5.75 Å². The van der Waals surface area contributed by atoms with E-state index in [9.17, 15) is 4.79 Å². The van der Waals surface area contributed by atoms with Crippen molar-refractivity contribution in [3.63, 3.8) is 0 Å². The fourth-order valence-electron chi connectivity index (χ4n) is 3.15. The second-order valence-corrected chi connectivity index (χ2v) is 9.28. The predicted octanol–water partition coefficient (Wildman–Crippen LogP) is 8.10. The Hall–Kier alpha value is -3.96. The molecular weight excluding hydrogens is 496 g/mol. The molecule has 0 bridgehead atoms. The number of hydrogen-bond donors (Lipinski definition) is 0. The van der Waals surface area contributed by atoms with Crippen LogP contribution in [0.3, 0.4) is 0 Å². The van der Waals surface area contributed by atoms with Crippen molar-refractivity contribution in [1.29, 1.82) is 0 Å². The van der Waals surface area contributed by atoms with Crippen LogP contribution in [-0.2, 0) is 9.53 Å². The van der Waals surface area contributed by atoms with Crippen LogP contribution < -0.4 is 9.64 Å². The molecule has 9 nitrogen and oxygen atoms in total. The summed E-state index contributed by atoms with van der Waals surface area (Å²) in [6.45, 7) is 9.35. The average molecular weight is 521 g/mol. The van der Waals surface area contributed by atoms with Gasteiger partial charge in [-0.25, -0.2) is 9.78 Å². The van der Waals surface area contributed by atoms with E-state index in [4.69, 9.17) is 9.47 Å². The Morgan fingerprint density at radius 3 is 2.28 bits per heavy atom. The highest BCUT2D eigenvalue weighted by atomic mass is 32.1. The maximum atomic E-state index is 11.0. The van der Waals surface area contributed by atoms with Crippen LogP contribution in [0.25, 0.3) is 9.53 Å². The van der Waals surface area contributed by atoms with Gasteiger partial charge in [0.2, 0.25) is 11.9 Å². The Kier molecular flexibility index (Phi) is 8.48. The summed E-state index contributed by atoms with van der Waals surface area (Å²) in [5.74, 6) is 0.00910. The number of nitrogens with zero attached hydrogens (tertiary/aromatic N) is 6. The molecule has 0 atom stereocenters. The van der Waals surface area contributed by atoms with E-state index in [1.807, 2.05) is 18.2 Å². The lowest BCUT2D eigenvalue weighted by atomic mass is 10.2. The van der Waals surface area contributed by atoms with Crippen LogP contribution in [0.2, 0.25) is 0 Å². The summed E-state index contributed by atoms with van der Waals surface area (Å²) in [6.07, 6.45) is 1.08. The van der Waals surface area contributed by atoms with Crippen molar-refractivity contribution >= 4 is 65.4 Å². The highest BCUT2D eigenvalue weighted by Crippen LogP contribution is 2.39. The zero-order chi connectivity index (χ0) is 25.3. The van der Waals surface area contributed by atoms with E-state index in [2.05, 4.69) is 62.9 Å². The topological polar surface area (TPSA) is 101 Å². The fourth-order valence-corrected chi connectivity index (χ4v) is 5.00. The van der Waals surface area contributed by atoms with Gasteiger partial charge in [0.15, 0.2) is 0 Å². The van der Waals surface area contributed by atoms with E-state index < -0.39 is 5.97 Å². The molecule has 0 aliphatic rings. The number of anilines is 1. The smallest absolute Gasteiger partial charge is 0.333 e. The second-order valence-electron chi connectivity index (χ2n) is 7.26. The Labute approximate surface area is 216 Å². The molecule has 0 spiro atoms. The predicted molar refractivity (Wildman–Crippen MR) is 144 cm³/mol. The van der Waals surface area contributed by atoms with Crippen LogP contribution in [0, 0.1) is 0 Å². The third-order valence-corrected chi connectivity index (χ3v) is 6.92. The monoisotopic (exact) mass is 520 g/mol. The van der Waals surface area contributed by atoms with Gasteiger partial charge in [0, 0.05) is 24.9 Å². The van der Waals surface area contributed by atoms with E-state index in [0.717, 1.165) is 39.4 Å². The molecule has 0 saturated heterocycles. The number of ether oxygens (including phenoxy) is 2. The van der Waals surface area contributed by atoms with Crippen LogP contribution in [0.4, 0.5) is 27.2 Å². The van der Waals surface area contributed by atoms with Crippen molar-refractivity contribution in [1.82, 2.24) is 4.98 Å². The van der Waals surface area contributed by atoms with E-state index >= 15 is 0 Å². The van der Waals surface area contributed by atoms with Gasteiger partial charge in [-0.1, -0.05) is 29.3 Å². The molecule has 0 unspecified atom stereocenters. The molecule has 184 valence electrons. The number of fused-ring (bicyclic) bond motifs is 1. The number of thiophene rings is 1. The van der Waals surface area contributed by atoms with Gasteiger partial charge in [-0.15, -0.1) is 20.5 Å². The Morgan fingerprint density at radius 1 is 0.972 bits per heavy atom. The lowest BCUT2D eigenvalue weighted by Crippen LogP contribution is -2.21. The van der Waals surface area contributed by atoms with Gasteiger partial charge in [0.25, 0.3) is 0 Å². The molecule has 2 aromatic carbocycles. The number of aromatic nitrogens is 1. The summed E-state index contributed by atoms with van der Waals surface area (Å²) in [5, 5.41) is 18.5. The van der Waals surface area contributed by atoms with Crippen molar-refractivity contribution in [3.05, 3.63) is 67.3 Å². The standard InChI is InChI=1S/C25H24N6O3S2/c1-4-23(32)34-16-33-20-13-9-18(10-14-20)27-29-22-15-21-24(36-22)26-25(35-21)30-28-17-7-11-19(12-8-17)31(5-2)6-3/h4,7-15H,1,5-6,16H2,2-3H3. The van der Waals surface area contributed by atoms with Gasteiger partial charge in [0.1, 0.15) is 15.6 Å². The largest absolute Gasteiger partial charge is 0.457 e. The average Bonchev–Trinajstić information content (AvgIpc) is 3.47. The first-order valence-corrected chi connectivity index (χ1v) is 12.8. The SMILES string of the molecule is C=CC(=O)OCOc1ccc(N=Nc2cc3sc(N=Nc4ccc(N(CC)CC)cc4)nc3s2)cc1. The maximum Gasteiger partial charge on any atom is 0.333 e. The minimum Gasteiger partial charge on any atom is -0.457 e. The number of esters is 1. The van der Waals surface area contributed by atoms with Gasteiger partial charge in [-0.2, -0.15) is 0 Å². The Morgan fingerprint density at radius 2 is 1.64 bits per heavy atom. The summed E-state index contributed by atoms with van der Waals surface area (Å²) < 4.78 is 11.1. The number of benzene rings is 2. The first-order chi connectivity index (χ1) is 17.6. The van der Waals surface area contributed by atoms with Gasteiger partial charge in [-0.05, 0) is 68.4 Å². The molecule has 0 amide bonds. The minimum absolute atomic E-state index is 0.185. The molecule has 4 aromatic rings. The molecule has 0 radical (unpaired) electrons. The number of azo groups is 2. The summed E-state index contributed by atoms with van der Waals surface area (Å²) in [6, 6.07) is 16.9. The van der Waals surface area contributed by atoms with E-state index in [-0.39, 0.29) is 6.79 Å². The van der Waals surface area contributed by atoms with Crippen molar-refractivity contribution in [3.8, 4) is 5.75 Å². The van der Waals surface area contributed by atoms with E-state index in [0.29, 0.717) is 16.6 Å². The van der Waals surface area contributed by atoms with Gasteiger partial charge < -0.3 is 14.4 Å². The zero-order valence-electron chi connectivity index (χ0n) is 19.8. The number of carbonyl (C=O) groups is 1. The lowest BCUT2D eigenvalue weighted by Gasteiger charge is -2.20. The van der Waals surface area contributed by atoms with Crippen molar-refractivity contribution in [2.45, 2.75) is 13.8 Å². The number of carbonyl (C=O) groups excluding carboxylic acids is 1. The fraction of sp³-hybridized carbons (Fsp3) is 0.200. The highest BCUT2D eigenvalue weighted by Gasteiger charge is 2.09. The van der Waals surface area contributed by atoms with Gasteiger partial charge in [0.05, 0.1) is 16.1 Å². The van der Waals surface area contributed by atoms with Crippen LogP contribution in [0.1, 0.15) is 13.8 Å². The summed E-state index contributed by atoms with van der Waals surface area (Å²) >= 11 is 2.90. The number of thiazole rings is 1. The van der Waals surface area contributed by atoms with Crippen molar-refractivity contribution < 1.29 is 14.3 Å². The Bertz CT molecular complexity index is 1340. The van der Waals surface area contributed by atoms with Gasteiger partial charge >= 0.3 is 5.97 Å². The zero-order valence-corrected chi connectivity index (χ0v) is 21.5. The molecule has 0 saturated carbocycles. The number of hydrogen-bond acceptors (Lipinski definition) is 11. The molecule has 0 N–H and O–H groups in total. The van der Waals surface area contributed by atoms with Crippen molar-refractivity contribution in [2.24, 2.45) is 20.5 Å². The molecule has 36 heavy (non-hydrogen) atoms. The second kappa shape index (κ2) is 12.1. The van der Waals surface area contributed by atoms with Crippen LogP contribution in [-0.4, -0.2) is 30.8 Å². The minimum atomic E-state index is -0.540. The quantitative estimate of drug-likeness (QED) is 0.0860. The molecule has 4 rings (SSSR count). The first kappa shape index (κ1) is 25.1. The van der Waals surface area contributed by atoms with E-state index in [1.54, 1.807) is 24.3 Å². The summed E-state index contributed by atoms with van der Waals surface area (Å²) in [5.41, 5.74) is 2.62. The molecular formula is C25H24N6O3S2. The van der Waals surface area contributed by atoms with Crippen LogP contribution in [0.15, 0.2) is 87.7 Å². The number of rotatable bonds is 11. The maximum absolute atomic E-state index is 11.0. The molecule has 0 fully saturated rings. The third kappa shape index (κ3) is 6.58. The van der Waals surface area contributed by atoms with Crippen LogP contribution >= 0.6 is 22.7 Å². The normalized spacial score (nSPS) is 11.4. The van der Waals surface area contributed by atoms with Crippen molar-refractivity contribution in [2.75, 3.05) is 24.8 Å². The molecule has 2 heterocycles. The first-order valence-electron chi connectivity index (χ1n) is 11.2. The summed E-state index contributed by atoms with van der Waals surface area (Å²) in [7, 11) is 0. The lowest BCUT2D eigenvalue weighted by molar-refractivity contribution is -0.144. The molecule has 2 aromatic heterocycles. The van der Waals surface area contributed by atoms with E-state index in [1.165, 1.54) is 28.4 Å².